The molecule has 0 saturated heterocycles. The fourth-order valence-corrected chi connectivity index (χ4v) is 5.70. The molecule has 0 aliphatic heterocycles. The van der Waals surface area contributed by atoms with E-state index in [9.17, 15) is 5.11 Å². The molecule has 1 atom stereocenters. The van der Waals surface area contributed by atoms with E-state index in [4.69, 9.17) is 18.9 Å². The van der Waals surface area contributed by atoms with E-state index in [1.54, 1.807) is 20.4 Å². The lowest BCUT2D eigenvalue weighted by Crippen LogP contribution is -2.36. The predicted molar refractivity (Wildman–Crippen MR) is 176 cm³/mol. The molecule has 228 valence electrons. The molecule has 7 nitrogen and oxygen atoms in total. The van der Waals surface area contributed by atoms with Crippen LogP contribution in [0.4, 0.5) is 0 Å². The molecule has 1 unspecified atom stereocenters. The van der Waals surface area contributed by atoms with Gasteiger partial charge in [-0.1, -0.05) is 78.9 Å². The number of hydrogen-bond donors (Lipinski definition) is 2. The smallest absolute Gasteiger partial charge is 0.143 e. The number of imidazole rings is 1. The average Bonchev–Trinajstić information content (AvgIpc) is 3.64. The zero-order valence-corrected chi connectivity index (χ0v) is 25.4. The summed E-state index contributed by atoms with van der Waals surface area (Å²) in [5.74, 6) is 3.06. The number of rotatable bonds is 13. The third kappa shape index (κ3) is 6.27. The number of benzene rings is 5. The lowest BCUT2D eigenvalue weighted by atomic mass is 9.80. The van der Waals surface area contributed by atoms with Gasteiger partial charge in [0.2, 0.25) is 0 Å². The number of methoxy groups -OCH3 is 2. The summed E-state index contributed by atoms with van der Waals surface area (Å²) in [4.78, 5) is 7.60. The summed E-state index contributed by atoms with van der Waals surface area (Å²) in [6, 6.07) is 37.8. The predicted octanol–water partition coefficient (Wildman–Crippen LogP) is 7.39. The highest BCUT2D eigenvalue weighted by Gasteiger charge is 2.38. The van der Waals surface area contributed by atoms with E-state index in [-0.39, 0.29) is 6.61 Å². The van der Waals surface area contributed by atoms with Gasteiger partial charge in [0.1, 0.15) is 28.7 Å². The number of hydrogen-bond acceptors (Lipinski definition) is 6. The number of nitrogens with zero attached hydrogens (tertiary/aromatic N) is 1. The molecule has 2 N–H and O–H groups in total. The molecular weight excluding hydrogens is 564 g/mol. The van der Waals surface area contributed by atoms with Gasteiger partial charge in [0.25, 0.3) is 0 Å². The Morgan fingerprint density at radius 1 is 0.711 bits per heavy atom. The van der Waals surface area contributed by atoms with Crippen LogP contribution in [0.1, 0.15) is 23.1 Å². The molecule has 1 aromatic heterocycles. The minimum absolute atomic E-state index is 0.0779. The first-order chi connectivity index (χ1) is 22.1. The quantitative estimate of drug-likeness (QED) is 0.135. The summed E-state index contributed by atoms with van der Waals surface area (Å²) in [6.45, 7) is 0.395. The Morgan fingerprint density at radius 3 is 1.91 bits per heavy atom. The second-order valence-corrected chi connectivity index (χ2v) is 10.7. The van der Waals surface area contributed by atoms with Crippen molar-refractivity contribution in [2.75, 3.05) is 27.4 Å². The van der Waals surface area contributed by atoms with Gasteiger partial charge in [0.05, 0.1) is 33.5 Å². The molecule has 0 saturated carbocycles. The van der Waals surface area contributed by atoms with Gasteiger partial charge in [-0.2, -0.15) is 0 Å². The number of nitrogens with one attached hydrogen (secondary N) is 1. The lowest BCUT2D eigenvalue weighted by molar-refractivity contribution is -0.0427. The summed E-state index contributed by atoms with van der Waals surface area (Å²) < 4.78 is 23.9. The fourth-order valence-electron chi connectivity index (χ4n) is 5.70. The van der Waals surface area contributed by atoms with Crippen LogP contribution in [-0.4, -0.2) is 48.6 Å². The minimum Gasteiger partial charge on any atom is -0.497 e. The highest BCUT2D eigenvalue weighted by Crippen LogP contribution is 2.42. The maximum Gasteiger partial charge on any atom is 0.143 e. The van der Waals surface area contributed by atoms with E-state index >= 15 is 0 Å². The van der Waals surface area contributed by atoms with E-state index < -0.39 is 11.7 Å². The van der Waals surface area contributed by atoms with Crippen molar-refractivity contribution in [3.8, 4) is 28.6 Å². The topological polar surface area (TPSA) is 85.8 Å². The Balaban J connectivity index is 1.24. The van der Waals surface area contributed by atoms with Crippen molar-refractivity contribution in [3.05, 3.63) is 144 Å². The SMILES string of the molecule is COc1ccc(C(OCC(O)CCOc2ccc(-c3ncc[nH]3)c3ccccc23)(c2ccccc2)c2ccc(OC)cc2)cc1. The first-order valence-corrected chi connectivity index (χ1v) is 14.9. The minimum atomic E-state index is -1.00. The Bertz CT molecular complexity index is 1760. The van der Waals surface area contributed by atoms with Crippen molar-refractivity contribution < 1.29 is 24.1 Å². The first-order valence-electron chi connectivity index (χ1n) is 14.9. The molecule has 45 heavy (non-hydrogen) atoms. The Kier molecular flexibility index (Phi) is 9.10. The number of aromatic nitrogens is 2. The summed E-state index contributed by atoms with van der Waals surface area (Å²) in [6.07, 6.45) is 3.16. The van der Waals surface area contributed by atoms with Gasteiger partial charge in [0.15, 0.2) is 0 Å². The molecule has 6 rings (SSSR count). The Labute approximate surface area is 263 Å². The van der Waals surface area contributed by atoms with Crippen molar-refractivity contribution in [3.63, 3.8) is 0 Å². The van der Waals surface area contributed by atoms with Gasteiger partial charge in [-0.15, -0.1) is 0 Å². The van der Waals surface area contributed by atoms with Crippen LogP contribution in [0.2, 0.25) is 0 Å². The van der Waals surface area contributed by atoms with Crippen molar-refractivity contribution in [1.29, 1.82) is 0 Å². The van der Waals surface area contributed by atoms with Crippen LogP contribution >= 0.6 is 0 Å². The summed E-state index contributed by atoms with van der Waals surface area (Å²) in [7, 11) is 3.29. The van der Waals surface area contributed by atoms with E-state index in [2.05, 4.69) is 16.0 Å². The van der Waals surface area contributed by atoms with Crippen LogP contribution in [-0.2, 0) is 10.3 Å². The van der Waals surface area contributed by atoms with E-state index in [1.165, 1.54) is 0 Å². The fraction of sp³-hybridized carbons (Fsp3) is 0.184. The van der Waals surface area contributed by atoms with Gasteiger partial charge in [0, 0.05) is 29.8 Å². The van der Waals surface area contributed by atoms with E-state index in [0.717, 1.165) is 56.1 Å². The number of aromatic amines is 1. The Morgan fingerprint density at radius 2 is 1.31 bits per heavy atom. The molecule has 7 heteroatoms. The zero-order chi connectivity index (χ0) is 31.1. The second kappa shape index (κ2) is 13.7. The van der Waals surface area contributed by atoms with Gasteiger partial charge in [-0.3, -0.25) is 0 Å². The standard InChI is InChI=1S/C38H36N2O5/c1-42-31-16-12-28(13-17-31)38(27-8-4-3-5-9-27,29-14-18-32(43-2)19-15-29)45-26-30(41)22-25-44-36-21-20-35(37-39-23-24-40-37)33-10-6-7-11-34(33)36/h3-21,23-24,30,41H,22,25-26H2,1-2H3,(H,39,40). The molecule has 0 aliphatic rings. The maximum atomic E-state index is 11.2. The summed E-state index contributed by atoms with van der Waals surface area (Å²) in [5, 5.41) is 13.2. The zero-order valence-electron chi connectivity index (χ0n) is 25.4. The number of ether oxygens (including phenoxy) is 4. The number of aliphatic hydroxyl groups is 1. The van der Waals surface area contributed by atoms with Crippen LogP contribution in [0.25, 0.3) is 22.2 Å². The lowest BCUT2D eigenvalue weighted by Gasteiger charge is -2.36. The third-order valence-electron chi connectivity index (χ3n) is 8.01. The van der Waals surface area contributed by atoms with Crippen molar-refractivity contribution in [1.82, 2.24) is 9.97 Å². The van der Waals surface area contributed by atoms with Crippen molar-refractivity contribution in [2.45, 2.75) is 18.1 Å². The highest BCUT2D eigenvalue weighted by molar-refractivity contribution is 5.98. The van der Waals surface area contributed by atoms with E-state index in [0.29, 0.717) is 13.0 Å². The molecule has 0 aliphatic carbocycles. The average molecular weight is 601 g/mol. The molecule has 5 aromatic carbocycles. The molecule has 0 fully saturated rings. The third-order valence-corrected chi connectivity index (χ3v) is 8.01. The van der Waals surface area contributed by atoms with Crippen molar-refractivity contribution in [2.24, 2.45) is 0 Å². The van der Waals surface area contributed by atoms with Crippen LogP contribution in [0.5, 0.6) is 17.2 Å². The Hall–Kier alpha value is -5.11. The molecule has 6 aromatic rings. The molecule has 1 heterocycles. The van der Waals surface area contributed by atoms with Crippen LogP contribution in [0, 0.1) is 0 Å². The maximum absolute atomic E-state index is 11.2. The highest BCUT2D eigenvalue weighted by atomic mass is 16.5. The molecule has 0 radical (unpaired) electrons. The van der Waals surface area contributed by atoms with Crippen LogP contribution in [0.3, 0.4) is 0 Å². The summed E-state index contributed by atoms with van der Waals surface area (Å²) in [5.41, 5.74) is 2.76. The van der Waals surface area contributed by atoms with Crippen LogP contribution < -0.4 is 14.2 Å². The summed E-state index contributed by atoms with van der Waals surface area (Å²) >= 11 is 0. The second-order valence-electron chi connectivity index (χ2n) is 10.7. The van der Waals surface area contributed by atoms with Crippen molar-refractivity contribution >= 4 is 10.8 Å². The normalized spacial score (nSPS) is 12.2. The molecular formula is C38H36N2O5. The molecule has 0 spiro atoms. The molecule has 0 bridgehead atoms. The van der Waals surface area contributed by atoms with Gasteiger partial charge in [-0.25, -0.2) is 4.98 Å². The van der Waals surface area contributed by atoms with Gasteiger partial charge < -0.3 is 29.0 Å². The molecule has 0 amide bonds. The number of H-pyrrole nitrogens is 1. The van der Waals surface area contributed by atoms with Gasteiger partial charge >= 0.3 is 0 Å². The first kappa shape index (κ1) is 29.9. The number of aliphatic hydroxyl groups excluding tert-OH is 1. The van der Waals surface area contributed by atoms with E-state index in [1.807, 2.05) is 115 Å². The van der Waals surface area contributed by atoms with Gasteiger partial charge in [-0.05, 0) is 58.5 Å². The number of fused-ring (bicyclic) bond motifs is 1. The monoisotopic (exact) mass is 600 g/mol. The van der Waals surface area contributed by atoms with Crippen LogP contribution in [0.15, 0.2) is 128 Å². The largest absolute Gasteiger partial charge is 0.497 e.